The van der Waals surface area contributed by atoms with Crippen molar-refractivity contribution in [2.45, 2.75) is 6.61 Å². The lowest BCUT2D eigenvalue weighted by Crippen LogP contribution is -1.97. The Morgan fingerprint density at radius 3 is 2.53 bits per heavy atom. The van der Waals surface area contributed by atoms with E-state index in [1.54, 1.807) is 0 Å². The average Bonchev–Trinajstić information content (AvgIpc) is 2.33. The molecule has 0 aliphatic heterocycles. The molecule has 5 heteroatoms. The maximum absolute atomic E-state index is 13.6. The first kappa shape index (κ1) is 11.6. The van der Waals surface area contributed by atoms with Crippen molar-refractivity contribution in [2.24, 2.45) is 0 Å². The number of hydrogen-bond acceptors (Lipinski definition) is 2. The van der Waals surface area contributed by atoms with Crippen LogP contribution in [0.1, 0.15) is 5.56 Å². The summed E-state index contributed by atoms with van der Waals surface area (Å²) in [5, 5.41) is 8.78. The summed E-state index contributed by atoms with van der Waals surface area (Å²) in [6.07, 6.45) is 1.21. The third-order valence-corrected chi connectivity index (χ3v) is 2.29. The van der Waals surface area contributed by atoms with Gasteiger partial charge in [-0.15, -0.1) is 0 Å². The third-order valence-electron chi connectivity index (χ3n) is 2.29. The number of hydrogen-bond donors (Lipinski definition) is 1. The van der Waals surface area contributed by atoms with Crippen LogP contribution in [-0.2, 0) is 6.61 Å². The van der Waals surface area contributed by atoms with Gasteiger partial charge in [0.2, 0.25) is 0 Å². The summed E-state index contributed by atoms with van der Waals surface area (Å²) in [6, 6.07) is 4.49. The molecule has 0 amide bonds. The fraction of sp³-hybridized carbons (Fsp3) is 0.0833. The van der Waals surface area contributed by atoms with Crippen LogP contribution in [0.5, 0.6) is 0 Å². The van der Waals surface area contributed by atoms with E-state index in [1.165, 1.54) is 18.3 Å². The lowest BCUT2D eigenvalue weighted by Gasteiger charge is -2.05. The van der Waals surface area contributed by atoms with Crippen LogP contribution in [0.15, 0.2) is 30.5 Å². The molecule has 2 aromatic rings. The summed E-state index contributed by atoms with van der Waals surface area (Å²) in [5.74, 6) is -3.01. The van der Waals surface area contributed by atoms with Gasteiger partial charge in [-0.1, -0.05) is 6.07 Å². The predicted octanol–water partition coefficient (Wildman–Crippen LogP) is 2.66. The largest absolute Gasteiger partial charge is 0.392 e. The van der Waals surface area contributed by atoms with Crippen molar-refractivity contribution < 1.29 is 18.3 Å². The summed E-state index contributed by atoms with van der Waals surface area (Å²) in [4.78, 5) is 3.68. The topological polar surface area (TPSA) is 33.1 Å². The zero-order valence-electron chi connectivity index (χ0n) is 8.62. The van der Waals surface area contributed by atoms with E-state index >= 15 is 0 Å². The van der Waals surface area contributed by atoms with Crippen LogP contribution in [0.4, 0.5) is 13.2 Å². The van der Waals surface area contributed by atoms with E-state index in [4.69, 9.17) is 5.11 Å². The zero-order chi connectivity index (χ0) is 12.4. The van der Waals surface area contributed by atoms with Crippen molar-refractivity contribution in [2.75, 3.05) is 0 Å². The number of aliphatic hydroxyl groups is 1. The van der Waals surface area contributed by atoms with Crippen LogP contribution in [0.3, 0.4) is 0 Å². The van der Waals surface area contributed by atoms with Gasteiger partial charge >= 0.3 is 0 Å². The minimum Gasteiger partial charge on any atom is -0.392 e. The van der Waals surface area contributed by atoms with Crippen molar-refractivity contribution in [3.63, 3.8) is 0 Å². The molecule has 2 nitrogen and oxygen atoms in total. The molecule has 0 aliphatic rings. The van der Waals surface area contributed by atoms with E-state index in [1.807, 2.05) is 0 Å². The Morgan fingerprint density at radius 1 is 1.12 bits per heavy atom. The first-order valence-corrected chi connectivity index (χ1v) is 4.83. The predicted molar refractivity (Wildman–Crippen MR) is 55.5 cm³/mol. The number of rotatable bonds is 2. The van der Waals surface area contributed by atoms with Gasteiger partial charge in [-0.05, 0) is 23.8 Å². The molecule has 2 rings (SSSR count). The highest BCUT2D eigenvalue weighted by Crippen LogP contribution is 2.25. The molecule has 0 unspecified atom stereocenters. The van der Waals surface area contributed by atoms with Crippen molar-refractivity contribution in [3.05, 3.63) is 53.5 Å². The normalized spacial score (nSPS) is 10.6. The average molecular weight is 239 g/mol. The number of aromatic nitrogens is 1. The van der Waals surface area contributed by atoms with E-state index < -0.39 is 17.5 Å². The molecular formula is C12H8F3NO. The molecule has 0 spiro atoms. The lowest BCUT2D eigenvalue weighted by molar-refractivity contribution is 0.280. The van der Waals surface area contributed by atoms with Gasteiger partial charge in [-0.3, -0.25) is 4.98 Å². The van der Waals surface area contributed by atoms with Crippen LogP contribution >= 0.6 is 0 Å². The maximum Gasteiger partial charge on any atom is 0.168 e. The van der Waals surface area contributed by atoms with Gasteiger partial charge in [0, 0.05) is 11.8 Å². The Bertz CT molecular complexity index is 557. The summed E-state index contributed by atoms with van der Waals surface area (Å²) >= 11 is 0. The fourth-order valence-electron chi connectivity index (χ4n) is 1.45. The van der Waals surface area contributed by atoms with Crippen molar-refractivity contribution >= 4 is 0 Å². The number of nitrogens with zero attached hydrogens (tertiary/aromatic N) is 1. The quantitative estimate of drug-likeness (QED) is 0.873. The van der Waals surface area contributed by atoms with E-state index in [0.29, 0.717) is 0 Å². The summed E-state index contributed by atoms with van der Waals surface area (Å²) < 4.78 is 40.0. The number of aliphatic hydroxyl groups excluding tert-OH is 1. The van der Waals surface area contributed by atoms with Gasteiger partial charge in [0.25, 0.3) is 0 Å². The molecule has 17 heavy (non-hydrogen) atoms. The second-order valence-electron chi connectivity index (χ2n) is 3.43. The molecule has 88 valence electrons. The van der Waals surface area contributed by atoms with Gasteiger partial charge in [0.05, 0.1) is 6.61 Å². The third kappa shape index (κ3) is 2.14. The molecular weight excluding hydrogens is 231 g/mol. The molecule has 1 heterocycles. The Hall–Kier alpha value is -1.88. The molecule has 0 fully saturated rings. The lowest BCUT2D eigenvalue weighted by atomic mass is 10.1. The molecule has 0 bridgehead atoms. The maximum atomic E-state index is 13.6. The van der Waals surface area contributed by atoms with Gasteiger partial charge < -0.3 is 5.11 Å². The van der Waals surface area contributed by atoms with Gasteiger partial charge in [0.1, 0.15) is 11.5 Å². The molecule has 0 radical (unpaired) electrons. The van der Waals surface area contributed by atoms with E-state index in [2.05, 4.69) is 4.98 Å². The van der Waals surface area contributed by atoms with Gasteiger partial charge in [-0.2, -0.15) is 0 Å². The zero-order valence-corrected chi connectivity index (χ0v) is 8.62. The van der Waals surface area contributed by atoms with Crippen molar-refractivity contribution in [1.82, 2.24) is 4.98 Å². The minimum absolute atomic E-state index is 0.244. The summed E-state index contributed by atoms with van der Waals surface area (Å²) in [5.41, 5.74) is -0.255. The second-order valence-corrected chi connectivity index (χ2v) is 3.43. The number of benzene rings is 1. The fourth-order valence-corrected chi connectivity index (χ4v) is 1.45. The van der Waals surface area contributed by atoms with Crippen LogP contribution in [-0.4, -0.2) is 10.1 Å². The molecule has 0 saturated heterocycles. The second kappa shape index (κ2) is 4.55. The van der Waals surface area contributed by atoms with E-state index in [0.717, 1.165) is 12.1 Å². The number of halogens is 3. The first-order chi connectivity index (χ1) is 8.13. The van der Waals surface area contributed by atoms with Gasteiger partial charge in [-0.25, -0.2) is 13.2 Å². The van der Waals surface area contributed by atoms with Gasteiger partial charge in [0.15, 0.2) is 11.6 Å². The standard InChI is InChI=1S/C12H8F3NO/c13-9-3-1-2-8(11(9)15)12-10(14)4-7(6-17)5-16-12/h1-5,17H,6H2. The Kier molecular flexibility index (Phi) is 3.10. The van der Waals surface area contributed by atoms with Crippen LogP contribution < -0.4 is 0 Å². The van der Waals surface area contributed by atoms with Crippen LogP contribution in [0.25, 0.3) is 11.3 Å². The first-order valence-electron chi connectivity index (χ1n) is 4.83. The molecule has 0 atom stereocenters. The van der Waals surface area contributed by atoms with Crippen molar-refractivity contribution in [1.29, 1.82) is 0 Å². The Morgan fingerprint density at radius 2 is 1.88 bits per heavy atom. The summed E-state index contributed by atoms with van der Waals surface area (Å²) in [6.45, 7) is -0.365. The Labute approximate surface area is 95.4 Å². The summed E-state index contributed by atoms with van der Waals surface area (Å²) in [7, 11) is 0. The highest BCUT2D eigenvalue weighted by atomic mass is 19.2. The highest BCUT2D eigenvalue weighted by molar-refractivity contribution is 5.60. The molecule has 1 aromatic carbocycles. The SMILES string of the molecule is OCc1cnc(-c2cccc(F)c2F)c(F)c1. The Balaban J connectivity index is 2.57. The van der Waals surface area contributed by atoms with E-state index in [-0.39, 0.29) is 23.4 Å². The molecule has 1 aromatic heterocycles. The van der Waals surface area contributed by atoms with Crippen molar-refractivity contribution in [3.8, 4) is 11.3 Å². The van der Waals surface area contributed by atoms with Crippen LogP contribution in [0.2, 0.25) is 0 Å². The molecule has 0 aliphatic carbocycles. The molecule has 0 saturated carbocycles. The smallest absolute Gasteiger partial charge is 0.168 e. The van der Waals surface area contributed by atoms with E-state index in [9.17, 15) is 13.2 Å². The minimum atomic E-state index is -1.14. The molecule has 1 N–H and O–H groups in total. The van der Waals surface area contributed by atoms with Crippen LogP contribution in [0, 0.1) is 17.5 Å². The monoisotopic (exact) mass is 239 g/mol. The number of pyridine rings is 1. The highest BCUT2D eigenvalue weighted by Gasteiger charge is 2.14.